The fourth-order valence-corrected chi connectivity index (χ4v) is 4.33. The number of hydrazone groups is 1. The van der Waals surface area contributed by atoms with Gasteiger partial charge in [-0.2, -0.15) is 10.1 Å². The second-order valence-corrected chi connectivity index (χ2v) is 8.33. The van der Waals surface area contributed by atoms with E-state index >= 15 is 0 Å². The molecule has 0 aliphatic heterocycles. The molecule has 6 heteroatoms. The Kier molecular flexibility index (Phi) is 5.74. The lowest BCUT2D eigenvalue weighted by atomic mass is 10.0. The highest BCUT2D eigenvalue weighted by Crippen LogP contribution is 2.31. The van der Waals surface area contributed by atoms with Gasteiger partial charge in [-0.05, 0) is 47.0 Å². The lowest BCUT2D eigenvalue weighted by molar-refractivity contribution is 0.0988. The van der Waals surface area contributed by atoms with E-state index in [1.165, 1.54) is 28.5 Å². The first-order valence-corrected chi connectivity index (χ1v) is 11.1. The molecule has 0 fully saturated rings. The molecule has 1 aromatic heterocycles. The lowest BCUT2D eigenvalue weighted by Crippen LogP contribution is -2.25. The number of anilines is 1. The zero-order valence-electron chi connectivity index (χ0n) is 17.4. The van der Waals surface area contributed by atoms with Crippen LogP contribution in [0.15, 0.2) is 108 Å². The Morgan fingerprint density at radius 2 is 1.52 bits per heavy atom. The van der Waals surface area contributed by atoms with Gasteiger partial charge in [0, 0.05) is 5.56 Å². The predicted octanol–water partition coefficient (Wildman–Crippen LogP) is 6.78. The van der Waals surface area contributed by atoms with Crippen LogP contribution in [0.4, 0.5) is 9.52 Å². The standard InChI is InChI=1S/C27H18FN3OS/c28-23-15-16-24-25(17-23)33-27(30-24)31(29-18-19-7-3-1-4-8-19)26(32)22-13-11-21(12-14-22)20-9-5-2-6-10-20/h1-18H/b29-18+. The van der Waals surface area contributed by atoms with Gasteiger partial charge in [-0.15, -0.1) is 0 Å². The van der Waals surface area contributed by atoms with E-state index in [2.05, 4.69) is 10.1 Å². The molecule has 0 atom stereocenters. The molecule has 0 aliphatic rings. The zero-order chi connectivity index (χ0) is 22.6. The van der Waals surface area contributed by atoms with E-state index in [4.69, 9.17) is 0 Å². The molecule has 1 amide bonds. The minimum absolute atomic E-state index is 0.318. The summed E-state index contributed by atoms with van der Waals surface area (Å²) in [7, 11) is 0. The number of carbonyl (C=O) groups excluding carboxylic acids is 1. The highest BCUT2D eigenvalue weighted by Gasteiger charge is 2.21. The van der Waals surface area contributed by atoms with Crippen molar-refractivity contribution in [2.24, 2.45) is 5.10 Å². The number of halogens is 1. The normalized spacial score (nSPS) is 11.2. The summed E-state index contributed by atoms with van der Waals surface area (Å²) in [6, 6.07) is 31.2. The Morgan fingerprint density at radius 1 is 0.848 bits per heavy atom. The number of fused-ring (bicyclic) bond motifs is 1. The Balaban J connectivity index is 1.51. The van der Waals surface area contributed by atoms with Gasteiger partial charge in [0.05, 0.1) is 16.4 Å². The second-order valence-electron chi connectivity index (χ2n) is 7.32. The molecule has 160 valence electrons. The first-order valence-electron chi connectivity index (χ1n) is 10.3. The van der Waals surface area contributed by atoms with E-state index in [0.717, 1.165) is 16.7 Å². The quantitative estimate of drug-likeness (QED) is 0.218. The summed E-state index contributed by atoms with van der Waals surface area (Å²) in [5, 5.41) is 6.10. The zero-order valence-corrected chi connectivity index (χ0v) is 18.2. The van der Waals surface area contributed by atoms with Crippen LogP contribution in [0.5, 0.6) is 0 Å². The topological polar surface area (TPSA) is 45.6 Å². The molecule has 0 spiro atoms. The number of rotatable bonds is 5. The smallest absolute Gasteiger partial charge is 0.267 e. The van der Waals surface area contributed by atoms with Crippen molar-refractivity contribution in [3.8, 4) is 11.1 Å². The number of carbonyl (C=O) groups is 1. The monoisotopic (exact) mass is 451 g/mol. The average molecular weight is 452 g/mol. The lowest BCUT2D eigenvalue weighted by Gasteiger charge is -2.14. The Morgan fingerprint density at radius 3 is 2.24 bits per heavy atom. The summed E-state index contributed by atoms with van der Waals surface area (Å²) in [6.07, 6.45) is 1.61. The number of amides is 1. The fraction of sp³-hybridized carbons (Fsp3) is 0. The summed E-state index contributed by atoms with van der Waals surface area (Å²) in [6.45, 7) is 0. The highest BCUT2D eigenvalue weighted by atomic mass is 32.1. The van der Waals surface area contributed by atoms with Gasteiger partial charge in [0.15, 0.2) is 0 Å². The summed E-state index contributed by atoms with van der Waals surface area (Å²) < 4.78 is 14.3. The van der Waals surface area contributed by atoms with Crippen LogP contribution in [0.3, 0.4) is 0 Å². The van der Waals surface area contributed by atoms with Crippen LogP contribution >= 0.6 is 11.3 Å². The molecule has 0 radical (unpaired) electrons. The first-order chi connectivity index (χ1) is 16.2. The van der Waals surface area contributed by atoms with Crippen molar-refractivity contribution in [2.75, 3.05) is 5.01 Å². The summed E-state index contributed by atoms with van der Waals surface area (Å²) in [4.78, 5) is 18.0. The molecule has 0 saturated heterocycles. The largest absolute Gasteiger partial charge is 0.280 e. The molecule has 0 aliphatic carbocycles. The maximum atomic E-state index is 13.7. The first kappa shape index (κ1) is 20.7. The van der Waals surface area contributed by atoms with Gasteiger partial charge >= 0.3 is 0 Å². The molecule has 0 N–H and O–H groups in total. The van der Waals surface area contributed by atoms with Crippen LogP contribution < -0.4 is 5.01 Å². The third-order valence-corrected chi connectivity index (χ3v) is 6.07. The van der Waals surface area contributed by atoms with Crippen molar-refractivity contribution in [1.82, 2.24) is 4.98 Å². The molecular weight excluding hydrogens is 433 g/mol. The van der Waals surface area contributed by atoms with Gasteiger partial charge in [-0.1, -0.05) is 84.1 Å². The van der Waals surface area contributed by atoms with Crippen LogP contribution in [0.25, 0.3) is 21.3 Å². The Labute approximate surface area is 194 Å². The van der Waals surface area contributed by atoms with Gasteiger partial charge in [0.2, 0.25) is 5.13 Å². The highest BCUT2D eigenvalue weighted by molar-refractivity contribution is 7.22. The van der Waals surface area contributed by atoms with Gasteiger partial charge in [-0.25, -0.2) is 9.37 Å². The summed E-state index contributed by atoms with van der Waals surface area (Å²) in [5.41, 5.74) is 4.03. The number of hydrogen-bond acceptors (Lipinski definition) is 4. The number of hydrogen-bond donors (Lipinski definition) is 0. The predicted molar refractivity (Wildman–Crippen MR) is 132 cm³/mol. The fourth-order valence-electron chi connectivity index (χ4n) is 3.39. The van der Waals surface area contributed by atoms with Crippen LogP contribution in [0, 0.1) is 5.82 Å². The van der Waals surface area contributed by atoms with Crippen LogP contribution in [-0.2, 0) is 0 Å². The van der Waals surface area contributed by atoms with Crippen molar-refractivity contribution in [3.63, 3.8) is 0 Å². The molecule has 5 aromatic rings. The maximum absolute atomic E-state index is 13.7. The second kappa shape index (κ2) is 9.14. The van der Waals surface area contributed by atoms with Gasteiger partial charge < -0.3 is 0 Å². The number of thiazole rings is 1. The van der Waals surface area contributed by atoms with E-state index in [1.807, 2.05) is 72.8 Å². The summed E-state index contributed by atoms with van der Waals surface area (Å²) >= 11 is 1.22. The van der Waals surface area contributed by atoms with Gasteiger partial charge in [0.25, 0.3) is 5.91 Å². The number of nitrogens with zero attached hydrogens (tertiary/aromatic N) is 3. The van der Waals surface area contributed by atoms with E-state index < -0.39 is 0 Å². The van der Waals surface area contributed by atoms with Crippen molar-refractivity contribution < 1.29 is 9.18 Å². The molecular formula is C27H18FN3OS. The molecule has 5 rings (SSSR count). The molecule has 1 heterocycles. The molecule has 4 nitrogen and oxygen atoms in total. The Bertz CT molecular complexity index is 1430. The SMILES string of the molecule is O=C(c1ccc(-c2ccccc2)cc1)N(/N=C/c1ccccc1)c1nc2ccc(F)cc2s1. The van der Waals surface area contributed by atoms with E-state index in [-0.39, 0.29) is 11.7 Å². The van der Waals surface area contributed by atoms with Crippen LogP contribution in [0.1, 0.15) is 15.9 Å². The Hall–Kier alpha value is -4.16. The van der Waals surface area contributed by atoms with Crippen molar-refractivity contribution in [1.29, 1.82) is 0 Å². The maximum Gasteiger partial charge on any atom is 0.280 e. The molecule has 0 saturated carbocycles. The third kappa shape index (κ3) is 4.56. The molecule has 0 unspecified atom stereocenters. The van der Waals surface area contributed by atoms with Crippen molar-refractivity contribution in [2.45, 2.75) is 0 Å². The molecule has 0 bridgehead atoms. The van der Waals surface area contributed by atoms with Gasteiger partial charge in [0.1, 0.15) is 5.82 Å². The average Bonchev–Trinajstić information content (AvgIpc) is 3.28. The van der Waals surface area contributed by atoms with E-state index in [0.29, 0.717) is 20.9 Å². The van der Waals surface area contributed by atoms with Crippen molar-refractivity contribution >= 4 is 38.8 Å². The summed E-state index contributed by atoms with van der Waals surface area (Å²) in [5.74, 6) is -0.666. The molecule has 4 aromatic carbocycles. The minimum atomic E-state index is -0.347. The number of benzene rings is 4. The van der Waals surface area contributed by atoms with E-state index in [1.54, 1.807) is 24.4 Å². The minimum Gasteiger partial charge on any atom is -0.267 e. The van der Waals surface area contributed by atoms with Gasteiger partial charge in [-0.3, -0.25) is 4.79 Å². The number of aromatic nitrogens is 1. The van der Waals surface area contributed by atoms with Crippen LogP contribution in [-0.4, -0.2) is 17.1 Å². The third-order valence-electron chi connectivity index (χ3n) is 5.07. The van der Waals surface area contributed by atoms with E-state index in [9.17, 15) is 9.18 Å². The van der Waals surface area contributed by atoms with Crippen LogP contribution in [0.2, 0.25) is 0 Å². The molecule has 33 heavy (non-hydrogen) atoms. The van der Waals surface area contributed by atoms with Crippen molar-refractivity contribution in [3.05, 3.63) is 120 Å².